The Balaban J connectivity index is 2.05. The second-order valence-corrected chi connectivity index (χ2v) is 11.5. The van der Waals surface area contributed by atoms with Crippen molar-refractivity contribution in [2.24, 2.45) is 0 Å². The molecule has 0 aromatic heterocycles. The van der Waals surface area contributed by atoms with Gasteiger partial charge in [0.2, 0.25) is 11.8 Å². The van der Waals surface area contributed by atoms with Crippen molar-refractivity contribution in [3.63, 3.8) is 0 Å². The van der Waals surface area contributed by atoms with Gasteiger partial charge in [0.05, 0.1) is 10.6 Å². The van der Waals surface area contributed by atoms with Gasteiger partial charge in [0, 0.05) is 12.6 Å². The molecule has 0 aliphatic heterocycles. The fourth-order valence-corrected chi connectivity index (χ4v) is 5.57. The van der Waals surface area contributed by atoms with E-state index >= 15 is 0 Å². The Morgan fingerprint density at radius 2 is 1.56 bits per heavy atom. The van der Waals surface area contributed by atoms with E-state index in [0.29, 0.717) is 17.7 Å². The van der Waals surface area contributed by atoms with Crippen LogP contribution in [0.15, 0.2) is 77.7 Å². The predicted molar refractivity (Wildman–Crippen MR) is 151 cm³/mol. The number of carbonyl (C=O) groups excluding carboxylic acids is 2. The van der Waals surface area contributed by atoms with Crippen LogP contribution in [0.1, 0.15) is 43.9 Å². The van der Waals surface area contributed by atoms with Crippen LogP contribution in [-0.2, 0) is 26.2 Å². The average molecular weight is 554 g/mol. The number of rotatable bonds is 11. The van der Waals surface area contributed by atoms with Gasteiger partial charge in [-0.3, -0.25) is 13.9 Å². The van der Waals surface area contributed by atoms with Crippen molar-refractivity contribution in [3.05, 3.63) is 95.3 Å². The maximum Gasteiger partial charge on any atom is 0.264 e. The third-order valence-corrected chi connectivity index (χ3v) is 8.66. The van der Waals surface area contributed by atoms with Gasteiger partial charge >= 0.3 is 0 Å². The molecule has 9 heteroatoms. The molecule has 1 N–H and O–H groups in total. The molecule has 2 amide bonds. The molecule has 7 nitrogen and oxygen atoms in total. The first-order chi connectivity index (χ1) is 18.4. The average Bonchev–Trinajstić information content (AvgIpc) is 2.92. The highest BCUT2D eigenvalue weighted by molar-refractivity contribution is 7.92. The topological polar surface area (TPSA) is 86.8 Å². The summed E-state index contributed by atoms with van der Waals surface area (Å²) in [6.45, 7) is 8.56. The molecule has 0 bridgehead atoms. The first-order valence-electron chi connectivity index (χ1n) is 12.9. The highest BCUT2D eigenvalue weighted by Crippen LogP contribution is 2.29. The second-order valence-electron chi connectivity index (χ2n) is 9.69. The molecule has 2 atom stereocenters. The largest absolute Gasteiger partial charge is 0.352 e. The minimum absolute atomic E-state index is 0.000228. The predicted octanol–water partition coefficient (Wildman–Crippen LogP) is 4.97. The SMILES string of the molecule is CC[C@@H](C)NC(=O)[C@@H](C)N(Cc1ccc(F)cc1)C(=O)CN(c1cccc(C)c1C)S(=O)(=O)c1ccccc1. The number of halogens is 1. The van der Waals surface area contributed by atoms with Crippen molar-refractivity contribution in [1.29, 1.82) is 0 Å². The van der Waals surface area contributed by atoms with E-state index in [1.54, 1.807) is 44.2 Å². The normalized spacial score (nSPS) is 12.9. The Hall–Kier alpha value is -3.72. The molecule has 0 saturated carbocycles. The summed E-state index contributed by atoms with van der Waals surface area (Å²) in [4.78, 5) is 28.4. The zero-order chi connectivity index (χ0) is 28.7. The molecule has 3 rings (SSSR count). The molecule has 0 spiro atoms. The number of hydrogen-bond donors (Lipinski definition) is 1. The zero-order valence-electron chi connectivity index (χ0n) is 23.0. The third-order valence-electron chi connectivity index (χ3n) is 6.89. The van der Waals surface area contributed by atoms with Crippen LogP contribution >= 0.6 is 0 Å². The molecule has 0 aliphatic rings. The molecule has 208 valence electrons. The lowest BCUT2D eigenvalue weighted by atomic mass is 10.1. The number of hydrogen-bond acceptors (Lipinski definition) is 4. The van der Waals surface area contributed by atoms with Crippen LogP contribution in [0.2, 0.25) is 0 Å². The number of benzene rings is 3. The van der Waals surface area contributed by atoms with Gasteiger partial charge in [-0.2, -0.15) is 0 Å². The monoisotopic (exact) mass is 553 g/mol. The summed E-state index contributed by atoms with van der Waals surface area (Å²) < 4.78 is 42.4. The highest BCUT2D eigenvalue weighted by atomic mass is 32.2. The van der Waals surface area contributed by atoms with Crippen molar-refractivity contribution in [1.82, 2.24) is 10.2 Å². The Kier molecular flexibility index (Phi) is 9.86. The lowest BCUT2D eigenvalue weighted by Crippen LogP contribution is -2.52. The van der Waals surface area contributed by atoms with Crippen LogP contribution in [0.25, 0.3) is 0 Å². The Bertz CT molecular complexity index is 1400. The van der Waals surface area contributed by atoms with E-state index in [2.05, 4.69) is 5.32 Å². The van der Waals surface area contributed by atoms with Gasteiger partial charge in [0.15, 0.2) is 0 Å². The van der Waals surface area contributed by atoms with E-state index in [1.807, 2.05) is 26.8 Å². The summed E-state index contributed by atoms with van der Waals surface area (Å²) in [5.74, 6) is -1.34. The Labute approximate surface area is 230 Å². The fourth-order valence-electron chi connectivity index (χ4n) is 4.07. The maximum atomic E-state index is 13.9. The van der Waals surface area contributed by atoms with Gasteiger partial charge in [0.25, 0.3) is 10.0 Å². The Morgan fingerprint density at radius 3 is 2.18 bits per heavy atom. The molecule has 3 aromatic carbocycles. The highest BCUT2D eigenvalue weighted by Gasteiger charge is 2.33. The third kappa shape index (κ3) is 7.23. The van der Waals surface area contributed by atoms with E-state index < -0.39 is 34.3 Å². The van der Waals surface area contributed by atoms with Crippen LogP contribution in [0.4, 0.5) is 10.1 Å². The fraction of sp³-hybridized carbons (Fsp3) is 0.333. The number of nitrogens with one attached hydrogen (secondary N) is 1. The summed E-state index contributed by atoms with van der Waals surface area (Å²) >= 11 is 0. The zero-order valence-corrected chi connectivity index (χ0v) is 23.8. The summed E-state index contributed by atoms with van der Waals surface area (Å²) in [7, 11) is -4.13. The van der Waals surface area contributed by atoms with Gasteiger partial charge in [-0.25, -0.2) is 12.8 Å². The van der Waals surface area contributed by atoms with Crippen molar-refractivity contribution in [3.8, 4) is 0 Å². The minimum Gasteiger partial charge on any atom is -0.352 e. The lowest BCUT2D eigenvalue weighted by Gasteiger charge is -2.33. The van der Waals surface area contributed by atoms with Crippen LogP contribution in [0.3, 0.4) is 0 Å². The van der Waals surface area contributed by atoms with E-state index in [9.17, 15) is 22.4 Å². The summed E-state index contributed by atoms with van der Waals surface area (Å²) in [6.07, 6.45) is 0.708. The summed E-state index contributed by atoms with van der Waals surface area (Å²) in [5.41, 5.74) is 2.58. The van der Waals surface area contributed by atoms with Crippen molar-refractivity contribution >= 4 is 27.5 Å². The number of nitrogens with zero attached hydrogens (tertiary/aromatic N) is 2. The Morgan fingerprint density at radius 1 is 0.923 bits per heavy atom. The van der Waals surface area contributed by atoms with E-state index in [-0.39, 0.29) is 23.4 Å². The molecule has 0 saturated heterocycles. The van der Waals surface area contributed by atoms with Crippen molar-refractivity contribution in [2.75, 3.05) is 10.8 Å². The van der Waals surface area contributed by atoms with Gasteiger partial charge < -0.3 is 10.2 Å². The van der Waals surface area contributed by atoms with Gasteiger partial charge in [-0.15, -0.1) is 0 Å². The number of anilines is 1. The smallest absolute Gasteiger partial charge is 0.264 e. The van der Waals surface area contributed by atoms with Gasteiger partial charge in [-0.1, -0.05) is 49.4 Å². The number of sulfonamides is 1. The van der Waals surface area contributed by atoms with Crippen LogP contribution in [-0.4, -0.2) is 43.8 Å². The first-order valence-corrected chi connectivity index (χ1v) is 14.4. The van der Waals surface area contributed by atoms with E-state index in [4.69, 9.17) is 0 Å². The number of amides is 2. The quantitative estimate of drug-likeness (QED) is 0.363. The summed E-state index contributed by atoms with van der Waals surface area (Å²) in [5, 5.41) is 2.89. The lowest BCUT2D eigenvalue weighted by molar-refractivity contribution is -0.139. The minimum atomic E-state index is -4.13. The molecule has 0 aliphatic carbocycles. The molecule has 3 aromatic rings. The van der Waals surface area contributed by atoms with Gasteiger partial charge in [0.1, 0.15) is 18.4 Å². The van der Waals surface area contributed by atoms with Crippen LogP contribution in [0.5, 0.6) is 0 Å². The second kappa shape index (κ2) is 12.9. The van der Waals surface area contributed by atoms with Crippen LogP contribution < -0.4 is 9.62 Å². The number of aryl methyl sites for hydroxylation is 1. The van der Waals surface area contributed by atoms with Crippen molar-refractivity contribution < 1.29 is 22.4 Å². The van der Waals surface area contributed by atoms with Gasteiger partial charge in [-0.05, 0) is 81.1 Å². The molecule has 0 fully saturated rings. The molecular formula is C30H36FN3O4S. The molecule has 0 unspecified atom stereocenters. The van der Waals surface area contributed by atoms with Crippen LogP contribution in [0, 0.1) is 19.7 Å². The molecular weight excluding hydrogens is 517 g/mol. The first kappa shape index (κ1) is 29.8. The van der Waals surface area contributed by atoms with E-state index in [1.165, 1.54) is 41.3 Å². The summed E-state index contributed by atoms with van der Waals surface area (Å²) in [6, 6.07) is 17.8. The molecule has 0 heterocycles. The maximum absolute atomic E-state index is 13.9. The molecule has 39 heavy (non-hydrogen) atoms. The van der Waals surface area contributed by atoms with E-state index in [0.717, 1.165) is 15.4 Å². The standard InChI is InChI=1S/C30H36FN3O4S/c1-6-22(3)32-30(36)24(5)33(19-25-15-17-26(31)18-16-25)29(35)20-34(28-14-10-11-21(2)23(28)4)39(37,38)27-12-8-7-9-13-27/h7-18,22,24H,6,19-20H2,1-5H3,(H,32,36)/t22-,24-/m1/s1. The molecule has 0 radical (unpaired) electrons. The number of carbonyl (C=O) groups is 2. The van der Waals surface area contributed by atoms with Crippen molar-refractivity contribution in [2.45, 2.75) is 64.6 Å².